The number of nitrogens with one attached hydrogen (secondary N) is 1. The van der Waals surface area contributed by atoms with Gasteiger partial charge in [0.05, 0.1) is 6.61 Å². The van der Waals surface area contributed by atoms with E-state index in [1.54, 1.807) is 14.2 Å². The van der Waals surface area contributed by atoms with Crippen LogP contribution in [0.1, 0.15) is 6.17 Å². The summed E-state index contributed by atoms with van der Waals surface area (Å²) < 4.78 is 7.97. The number of nitrogens with zero attached hydrogens (tertiary/aromatic N) is 5. The molecule has 2 atom stereocenters. The van der Waals surface area contributed by atoms with E-state index in [1.807, 2.05) is 33.7 Å². The molecule has 4 rings (SSSR count). The lowest BCUT2D eigenvalue weighted by Crippen LogP contribution is -2.61. The highest BCUT2D eigenvalue weighted by Crippen LogP contribution is 2.40. The average Bonchev–Trinajstić information content (AvgIpc) is 3.17. The second-order valence-electron chi connectivity index (χ2n) is 6.15. The number of rotatable bonds is 4. The van der Waals surface area contributed by atoms with E-state index < -0.39 is 18.2 Å². The van der Waals surface area contributed by atoms with Gasteiger partial charge in [0.25, 0.3) is 5.91 Å². The number of hydrogen-bond donors (Lipinski definition) is 1. The third-order valence-electron chi connectivity index (χ3n) is 4.67. The van der Waals surface area contributed by atoms with E-state index in [2.05, 4.69) is 31.4 Å². The number of urea groups is 1. The lowest BCUT2D eigenvalue weighted by Gasteiger charge is -2.36. The third-order valence-corrected chi connectivity index (χ3v) is 5.20. The number of imide groups is 1. The molecule has 0 radical (unpaired) electrons. The van der Waals surface area contributed by atoms with Gasteiger partial charge in [-0.3, -0.25) is 14.7 Å². The number of carbonyl (C=O) groups excluding carboxylic acids is 2. The van der Waals surface area contributed by atoms with Crippen LogP contribution in [0.25, 0.3) is 11.4 Å². The minimum absolute atomic E-state index is 0.346. The van der Waals surface area contributed by atoms with Crippen LogP contribution in [0.4, 0.5) is 10.7 Å². The third kappa shape index (κ3) is 2.48. The van der Waals surface area contributed by atoms with Gasteiger partial charge in [-0.15, -0.1) is 10.2 Å². The molecule has 2 unspecified atom stereocenters. The van der Waals surface area contributed by atoms with Crippen molar-refractivity contribution in [2.24, 2.45) is 0 Å². The summed E-state index contributed by atoms with van der Waals surface area (Å²) in [6, 6.07) is 6.64. The summed E-state index contributed by atoms with van der Waals surface area (Å²) >= 11 is 3.42. The first-order valence-electron chi connectivity index (χ1n) is 8.07. The van der Waals surface area contributed by atoms with Crippen molar-refractivity contribution in [3.8, 4) is 11.4 Å². The van der Waals surface area contributed by atoms with Crippen LogP contribution < -0.4 is 10.2 Å². The maximum atomic E-state index is 12.6. The van der Waals surface area contributed by atoms with E-state index in [1.165, 1.54) is 4.90 Å². The van der Waals surface area contributed by atoms with E-state index in [4.69, 9.17) is 4.74 Å². The lowest BCUT2D eigenvalue weighted by atomic mass is 10.1. The van der Waals surface area contributed by atoms with Crippen LogP contribution >= 0.6 is 15.9 Å². The Morgan fingerprint density at radius 2 is 1.96 bits per heavy atom. The van der Waals surface area contributed by atoms with Gasteiger partial charge in [0.15, 0.2) is 11.9 Å². The zero-order chi connectivity index (χ0) is 18.4. The van der Waals surface area contributed by atoms with Crippen LogP contribution in [-0.4, -0.2) is 65.0 Å². The summed E-state index contributed by atoms with van der Waals surface area (Å²) in [5, 5.41) is 11.0. The molecule has 2 aliphatic rings. The van der Waals surface area contributed by atoms with E-state index in [-0.39, 0.29) is 5.91 Å². The lowest BCUT2D eigenvalue weighted by molar-refractivity contribution is -0.124. The molecule has 10 heteroatoms. The molecule has 1 N–H and O–H groups in total. The van der Waals surface area contributed by atoms with E-state index in [9.17, 15) is 9.59 Å². The number of carbonyl (C=O) groups is 2. The number of benzene rings is 1. The zero-order valence-electron chi connectivity index (χ0n) is 14.2. The van der Waals surface area contributed by atoms with Crippen LogP contribution in [0.2, 0.25) is 0 Å². The van der Waals surface area contributed by atoms with E-state index in [0.717, 1.165) is 10.0 Å². The zero-order valence-corrected chi connectivity index (χ0v) is 15.8. The monoisotopic (exact) mass is 420 g/mol. The van der Waals surface area contributed by atoms with Crippen molar-refractivity contribution in [2.75, 3.05) is 32.2 Å². The maximum Gasteiger partial charge on any atom is 0.325 e. The van der Waals surface area contributed by atoms with Crippen molar-refractivity contribution >= 4 is 33.8 Å². The highest BCUT2D eigenvalue weighted by atomic mass is 79.9. The molecule has 136 valence electrons. The van der Waals surface area contributed by atoms with Crippen LogP contribution in [0.15, 0.2) is 28.7 Å². The molecule has 2 aliphatic heterocycles. The fourth-order valence-corrected chi connectivity index (χ4v) is 3.69. The highest BCUT2D eigenvalue weighted by Gasteiger charge is 2.52. The number of halogens is 1. The molecule has 26 heavy (non-hydrogen) atoms. The Labute approximate surface area is 158 Å². The molecular weight excluding hydrogens is 404 g/mol. The Bertz CT molecular complexity index is 867. The summed E-state index contributed by atoms with van der Waals surface area (Å²) in [4.78, 5) is 28.1. The topological polar surface area (TPSA) is 92.6 Å². The minimum atomic E-state index is -0.576. The minimum Gasteiger partial charge on any atom is -0.383 e. The average molecular weight is 421 g/mol. The number of fused-ring (bicyclic) bond motifs is 3. The molecule has 0 aliphatic carbocycles. The number of anilines is 1. The van der Waals surface area contributed by atoms with E-state index in [0.29, 0.717) is 24.9 Å². The van der Waals surface area contributed by atoms with Crippen molar-refractivity contribution in [2.45, 2.75) is 12.2 Å². The van der Waals surface area contributed by atoms with Gasteiger partial charge in [-0.05, 0) is 12.1 Å². The first-order valence-corrected chi connectivity index (χ1v) is 8.86. The summed E-state index contributed by atoms with van der Waals surface area (Å²) in [5.41, 5.74) is 0.853. The van der Waals surface area contributed by atoms with Gasteiger partial charge in [0, 0.05) is 30.7 Å². The molecule has 0 bridgehead atoms. The number of methoxy groups -OCH3 is 1. The van der Waals surface area contributed by atoms with Crippen LogP contribution in [0.5, 0.6) is 0 Å². The molecule has 2 aromatic rings. The van der Waals surface area contributed by atoms with Gasteiger partial charge in [-0.1, -0.05) is 28.1 Å². The van der Waals surface area contributed by atoms with Gasteiger partial charge < -0.3 is 14.5 Å². The molecule has 1 fully saturated rings. The van der Waals surface area contributed by atoms with Crippen LogP contribution in [0, 0.1) is 0 Å². The fraction of sp³-hybridized carbons (Fsp3) is 0.375. The molecular formula is C16H17BrN6O3. The summed E-state index contributed by atoms with van der Waals surface area (Å²) in [6.45, 7) is 0.889. The summed E-state index contributed by atoms with van der Waals surface area (Å²) in [6.07, 6.45) is -0.517. The molecule has 3 amide bonds. The number of amides is 3. The van der Waals surface area contributed by atoms with Crippen molar-refractivity contribution < 1.29 is 14.3 Å². The van der Waals surface area contributed by atoms with Gasteiger partial charge in [0.2, 0.25) is 5.95 Å². The molecule has 1 aromatic heterocycles. The predicted octanol–water partition coefficient (Wildman–Crippen LogP) is 1.22. The van der Waals surface area contributed by atoms with Gasteiger partial charge >= 0.3 is 6.03 Å². The number of ether oxygens (including phenoxy) is 1. The SMILES string of the molecule is COCCN1c2nnc(-c3ccc(Br)cc3)n2C2C1C(=O)NC(=O)N2C. The van der Waals surface area contributed by atoms with Crippen LogP contribution in [-0.2, 0) is 9.53 Å². The predicted molar refractivity (Wildman–Crippen MR) is 96.5 cm³/mol. The number of hydrogen-bond acceptors (Lipinski definition) is 6. The fourth-order valence-electron chi connectivity index (χ4n) is 3.42. The Hall–Kier alpha value is -2.46. The van der Waals surface area contributed by atoms with Crippen molar-refractivity contribution in [3.63, 3.8) is 0 Å². The molecule has 0 spiro atoms. The summed E-state index contributed by atoms with van der Waals surface area (Å²) in [5.74, 6) is 0.810. The largest absolute Gasteiger partial charge is 0.383 e. The van der Waals surface area contributed by atoms with E-state index >= 15 is 0 Å². The second kappa shape index (κ2) is 6.36. The first-order chi connectivity index (χ1) is 12.5. The van der Waals surface area contributed by atoms with Crippen LogP contribution in [0.3, 0.4) is 0 Å². The second-order valence-corrected chi connectivity index (χ2v) is 7.07. The van der Waals surface area contributed by atoms with Gasteiger partial charge in [0.1, 0.15) is 6.17 Å². The van der Waals surface area contributed by atoms with Gasteiger partial charge in [-0.25, -0.2) is 4.79 Å². The first kappa shape index (κ1) is 17.0. The standard InChI is InChI=1S/C16H17BrN6O3/c1-21-14-11(13(24)18-16(21)25)22(7-8-26-2)15-20-19-12(23(14)15)9-3-5-10(17)6-4-9/h3-6,11,14H,7-8H2,1-2H3,(H,18,24,25). The number of aromatic nitrogens is 3. The Morgan fingerprint density at radius 3 is 2.65 bits per heavy atom. The van der Waals surface area contributed by atoms with Crippen molar-refractivity contribution in [1.82, 2.24) is 25.0 Å². The molecule has 3 heterocycles. The van der Waals surface area contributed by atoms with Crippen molar-refractivity contribution in [3.05, 3.63) is 28.7 Å². The molecule has 0 saturated carbocycles. The normalized spacial score (nSPS) is 21.7. The van der Waals surface area contributed by atoms with Crippen molar-refractivity contribution in [1.29, 1.82) is 0 Å². The smallest absolute Gasteiger partial charge is 0.325 e. The molecule has 1 saturated heterocycles. The Kier molecular flexibility index (Phi) is 4.16. The maximum absolute atomic E-state index is 12.6. The van der Waals surface area contributed by atoms with Gasteiger partial charge in [-0.2, -0.15) is 0 Å². The molecule has 9 nitrogen and oxygen atoms in total. The summed E-state index contributed by atoms with van der Waals surface area (Å²) in [7, 11) is 3.26. The molecule has 1 aromatic carbocycles. The highest BCUT2D eigenvalue weighted by molar-refractivity contribution is 9.10. The number of likely N-dealkylation sites (N-methyl/N-ethyl adjacent to an activating group) is 1. The Morgan fingerprint density at radius 1 is 1.23 bits per heavy atom. The Balaban J connectivity index is 1.84. The quantitative estimate of drug-likeness (QED) is 0.799.